The fourth-order valence-corrected chi connectivity index (χ4v) is 0.530. The Kier molecular flexibility index (Phi) is 4.60. The molecule has 0 bridgehead atoms. The van der Waals surface area contributed by atoms with Gasteiger partial charge in [-0.2, -0.15) is 0 Å². The molecule has 0 saturated carbocycles. The van der Waals surface area contributed by atoms with Crippen molar-refractivity contribution in [2.45, 2.75) is 18.3 Å². The second-order valence-corrected chi connectivity index (χ2v) is 2.17. The van der Waals surface area contributed by atoms with Crippen LogP contribution in [0, 0.1) is 0 Å². The molecule has 0 aliphatic heterocycles. The summed E-state index contributed by atoms with van der Waals surface area (Å²) in [6.45, 7) is -0.860. The minimum Gasteiger partial charge on any atom is -0.393 e. The lowest BCUT2D eigenvalue weighted by Gasteiger charge is -2.13. The van der Waals surface area contributed by atoms with E-state index in [4.69, 9.17) is 20.4 Å². The van der Waals surface area contributed by atoms with E-state index in [9.17, 15) is 9.59 Å². The fourth-order valence-electron chi connectivity index (χ4n) is 0.530. The van der Waals surface area contributed by atoms with E-state index in [0.29, 0.717) is 0 Å². The van der Waals surface area contributed by atoms with Crippen LogP contribution in [0.15, 0.2) is 0 Å². The number of hydrogen-bond donors (Lipinski definition) is 4. The molecule has 0 aliphatic rings. The number of Topliss-reactive ketones (excluding diaryl/α,β-unsaturated/α-hetero) is 1. The lowest BCUT2D eigenvalue weighted by Crippen LogP contribution is -2.42. The standard InChI is InChI=1S/C6H10O6/c7-1-3(9)5(11)6(12)4(10)2-8/h1,3-5,8-11H,2H2/t3-,4+,5+/m0/s1. The van der Waals surface area contributed by atoms with E-state index in [1.807, 2.05) is 0 Å². The minimum atomic E-state index is -1.98. The molecular formula is C6H10O6. The van der Waals surface area contributed by atoms with Crippen LogP contribution < -0.4 is 0 Å². The van der Waals surface area contributed by atoms with Gasteiger partial charge in [-0.25, -0.2) is 0 Å². The van der Waals surface area contributed by atoms with E-state index in [2.05, 4.69) is 0 Å². The van der Waals surface area contributed by atoms with Gasteiger partial charge >= 0.3 is 0 Å². The monoisotopic (exact) mass is 178 g/mol. The van der Waals surface area contributed by atoms with Gasteiger partial charge < -0.3 is 25.2 Å². The van der Waals surface area contributed by atoms with Crippen LogP contribution in [0.4, 0.5) is 0 Å². The lowest BCUT2D eigenvalue weighted by molar-refractivity contribution is -0.146. The molecule has 0 aromatic heterocycles. The van der Waals surface area contributed by atoms with Crippen LogP contribution >= 0.6 is 0 Å². The Morgan fingerprint density at radius 3 is 2.17 bits per heavy atom. The molecule has 0 saturated heterocycles. The number of carbonyl (C=O) groups excluding carboxylic acids is 2. The van der Waals surface area contributed by atoms with Gasteiger partial charge in [-0.05, 0) is 0 Å². The average Bonchev–Trinajstić information content (AvgIpc) is 2.12. The third-order valence-electron chi connectivity index (χ3n) is 1.26. The van der Waals surface area contributed by atoms with Crippen LogP contribution in [0.1, 0.15) is 0 Å². The molecule has 6 heteroatoms. The van der Waals surface area contributed by atoms with Crippen molar-refractivity contribution in [2.24, 2.45) is 0 Å². The second kappa shape index (κ2) is 4.94. The summed E-state index contributed by atoms with van der Waals surface area (Å²) in [6, 6.07) is 0. The van der Waals surface area contributed by atoms with Gasteiger partial charge in [-0.3, -0.25) is 4.79 Å². The topological polar surface area (TPSA) is 115 Å². The maximum atomic E-state index is 10.7. The molecular weight excluding hydrogens is 168 g/mol. The summed E-state index contributed by atoms with van der Waals surface area (Å²) in [4.78, 5) is 20.6. The van der Waals surface area contributed by atoms with Crippen LogP contribution in [-0.2, 0) is 9.59 Å². The lowest BCUT2D eigenvalue weighted by atomic mass is 10.1. The Bertz CT molecular complexity index is 167. The van der Waals surface area contributed by atoms with Crippen molar-refractivity contribution >= 4 is 12.1 Å². The molecule has 12 heavy (non-hydrogen) atoms. The van der Waals surface area contributed by atoms with E-state index in [-0.39, 0.29) is 6.29 Å². The zero-order chi connectivity index (χ0) is 9.72. The molecule has 0 rings (SSSR count). The van der Waals surface area contributed by atoms with Crippen molar-refractivity contribution < 1.29 is 30.0 Å². The molecule has 0 aromatic rings. The van der Waals surface area contributed by atoms with Crippen molar-refractivity contribution in [1.29, 1.82) is 0 Å². The SMILES string of the molecule is O=C[C@H](O)[C@@H](O)C(=O)[C@H](O)CO. The number of carbonyl (C=O) groups is 2. The largest absolute Gasteiger partial charge is 0.393 e. The number of ketones is 1. The smallest absolute Gasteiger partial charge is 0.195 e. The minimum absolute atomic E-state index is 0.0351. The Morgan fingerprint density at radius 1 is 1.33 bits per heavy atom. The predicted octanol–water partition coefficient (Wildman–Crippen LogP) is -3.17. The molecule has 0 fully saturated rings. The summed E-state index contributed by atoms with van der Waals surface area (Å²) in [5.41, 5.74) is 0. The van der Waals surface area contributed by atoms with E-state index >= 15 is 0 Å². The molecule has 0 amide bonds. The third kappa shape index (κ3) is 2.67. The zero-order valence-corrected chi connectivity index (χ0v) is 6.12. The number of rotatable bonds is 5. The first-order valence-corrected chi connectivity index (χ1v) is 3.18. The first-order chi connectivity index (χ1) is 5.54. The highest BCUT2D eigenvalue weighted by molar-refractivity contribution is 5.90. The summed E-state index contributed by atoms with van der Waals surface area (Å²) < 4.78 is 0. The van der Waals surface area contributed by atoms with Gasteiger partial charge in [0, 0.05) is 0 Å². The van der Waals surface area contributed by atoms with Crippen LogP contribution in [0.3, 0.4) is 0 Å². The van der Waals surface area contributed by atoms with E-state index in [0.717, 1.165) is 0 Å². The number of aliphatic hydroxyl groups excluding tert-OH is 4. The average molecular weight is 178 g/mol. The van der Waals surface area contributed by atoms with E-state index < -0.39 is 30.7 Å². The third-order valence-corrected chi connectivity index (χ3v) is 1.26. The molecule has 6 nitrogen and oxygen atoms in total. The molecule has 70 valence electrons. The molecule has 0 aromatic carbocycles. The highest BCUT2D eigenvalue weighted by Crippen LogP contribution is 1.96. The van der Waals surface area contributed by atoms with Gasteiger partial charge in [-0.1, -0.05) is 0 Å². The van der Waals surface area contributed by atoms with Gasteiger partial charge in [0.25, 0.3) is 0 Å². The van der Waals surface area contributed by atoms with Gasteiger partial charge in [0.15, 0.2) is 12.1 Å². The summed E-state index contributed by atoms with van der Waals surface area (Å²) in [6.07, 6.45) is -5.65. The number of aliphatic hydroxyl groups is 4. The molecule has 0 aliphatic carbocycles. The van der Waals surface area contributed by atoms with Gasteiger partial charge in [0.2, 0.25) is 0 Å². The van der Waals surface area contributed by atoms with Crippen LogP contribution in [-0.4, -0.2) is 57.4 Å². The van der Waals surface area contributed by atoms with Crippen LogP contribution in [0.5, 0.6) is 0 Å². The van der Waals surface area contributed by atoms with Crippen molar-refractivity contribution in [3.05, 3.63) is 0 Å². The molecule has 0 radical (unpaired) electrons. The predicted molar refractivity (Wildman–Crippen MR) is 36.2 cm³/mol. The summed E-state index contributed by atoms with van der Waals surface area (Å²) >= 11 is 0. The Balaban J connectivity index is 4.18. The quantitative estimate of drug-likeness (QED) is 0.330. The van der Waals surface area contributed by atoms with Crippen LogP contribution in [0.25, 0.3) is 0 Å². The first kappa shape index (κ1) is 11.2. The Hall–Kier alpha value is -0.820. The van der Waals surface area contributed by atoms with E-state index in [1.54, 1.807) is 0 Å². The van der Waals surface area contributed by atoms with E-state index in [1.165, 1.54) is 0 Å². The van der Waals surface area contributed by atoms with Gasteiger partial charge in [0.05, 0.1) is 6.61 Å². The normalized spacial score (nSPS) is 18.0. The van der Waals surface area contributed by atoms with Crippen molar-refractivity contribution in [3.8, 4) is 0 Å². The van der Waals surface area contributed by atoms with Gasteiger partial charge in [-0.15, -0.1) is 0 Å². The summed E-state index contributed by atoms with van der Waals surface area (Å²) in [5, 5.41) is 34.3. The highest BCUT2D eigenvalue weighted by Gasteiger charge is 2.28. The number of aldehydes is 1. The molecule has 0 spiro atoms. The zero-order valence-electron chi connectivity index (χ0n) is 6.12. The van der Waals surface area contributed by atoms with Crippen molar-refractivity contribution in [2.75, 3.05) is 6.61 Å². The maximum absolute atomic E-state index is 10.7. The molecule has 4 N–H and O–H groups in total. The van der Waals surface area contributed by atoms with Crippen LogP contribution in [0.2, 0.25) is 0 Å². The fraction of sp³-hybridized carbons (Fsp3) is 0.667. The Labute approximate surface area is 68.1 Å². The number of hydrogen-bond acceptors (Lipinski definition) is 6. The molecule has 0 unspecified atom stereocenters. The highest BCUT2D eigenvalue weighted by atomic mass is 16.4. The maximum Gasteiger partial charge on any atom is 0.195 e. The molecule has 0 heterocycles. The summed E-state index contributed by atoms with van der Waals surface area (Å²) in [7, 11) is 0. The molecule has 3 atom stereocenters. The summed E-state index contributed by atoms with van der Waals surface area (Å²) in [5.74, 6) is -1.18. The van der Waals surface area contributed by atoms with Gasteiger partial charge in [0.1, 0.15) is 18.3 Å². The second-order valence-electron chi connectivity index (χ2n) is 2.17. The van der Waals surface area contributed by atoms with Crippen molar-refractivity contribution in [3.63, 3.8) is 0 Å². The Morgan fingerprint density at radius 2 is 1.83 bits per heavy atom. The van der Waals surface area contributed by atoms with Crippen molar-refractivity contribution in [1.82, 2.24) is 0 Å². The first-order valence-electron chi connectivity index (χ1n) is 3.18.